The van der Waals surface area contributed by atoms with Gasteiger partial charge in [0, 0.05) is 18.3 Å². The van der Waals surface area contributed by atoms with E-state index in [0.29, 0.717) is 16.6 Å². The highest BCUT2D eigenvalue weighted by atomic mass is 35.5. The average molecular weight is 351 g/mol. The van der Waals surface area contributed by atoms with Crippen LogP contribution in [0.4, 0.5) is 5.82 Å². The molecule has 1 aliphatic heterocycles. The first-order valence-electron chi connectivity index (χ1n) is 7.34. The van der Waals surface area contributed by atoms with E-state index in [0.717, 1.165) is 17.1 Å². The predicted octanol–water partition coefficient (Wildman–Crippen LogP) is 3.64. The number of hydrogen-bond acceptors (Lipinski definition) is 3. The minimum absolute atomic E-state index is 0.0778. The molecule has 0 saturated carbocycles. The maximum absolute atomic E-state index is 12.6. The molecule has 0 saturated heterocycles. The number of aromatic nitrogens is 2. The van der Waals surface area contributed by atoms with Gasteiger partial charge in [0.2, 0.25) is 5.91 Å². The predicted molar refractivity (Wildman–Crippen MR) is 91.8 cm³/mol. The van der Waals surface area contributed by atoms with Gasteiger partial charge in [0.15, 0.2) is 5.82 Å². The third-order valence-corrected chi connectivity index (χ3v) is 4.63. The molecule has 2 atom stereocenters. The van der Waals surface area contributed by atoms with Gasteiger partial charge in [-0.25, -0.2) is 9.67 Å². The molecule has 1 aliphatic rings. The highest BCUT2D eigenvalue weighted by Gasteiger charge is 2.37. The summed E-state index contributed by atoms with van der Waals surface area (Å²) in [6.45, 7) is 4.31. The zero-order chi connectivity index (χ0) is 16.6. The van der Waals surface area contributed by atoms with E-state index in [1.165, 1.54) is 0 Å². The van der Waals surface area contributed by atoms with Gasteiger partial charge in [-0.05, 0) is 31.5 Å². The highest BCUT2D eigenvalue weighted by molar-refractivity contribution is 6.42. The summed E-state index contributed by atoms with van der Waals surface area (Å²) in [5.41, 5.74) is 1.62. The third kappa shape index (κ3) is 2.86. The minimum Gasteiger partial charge on any atom is -0.356 e. The molecule has 2 unspecified atom stereocenters. The molecule has 1 amide bonds. The van der Waals surface area contributed by atoms with Crippen molar-refractivity contribution in [1.29, 1.82) is 0 Å². The van der Waals surface area contributed by atoms with Crippen LogP contribution in [0.15, 0.2) is 35.5 Å². The Bertz CT molecular complexity index is 784. The van der Waals surface area contributed by atoms with Crippen LogP contribution in [-0.2, 0) is 4.79 Å². The van der Waals surface area contributed by atoms with Crippen LogP contribution in [-0.4, -0.2) is 27.9 Å². The second-order valence-electron chi connectivity index (χ2n) is 5.38. The lowest BCUT2D eigenvalue weighted by Crippen LogP contribution is -2.42. The van der Waals surface area contributed by atoms with Gasteiger partial charge < -0.3 is 5.32 Å². The summed E-state index contributed by atoms with van der Waals surface area (Å²) in [4.78, 5) is 17.1. The summed E-state index contributed by atoms with van der Waals surface area (Å²) < 4.78 is 1.76. The SMILES string of the molecule is CCNC(=O)C1C(C)=Nc2ccnn2C1c1ccc(Cl)c(Cl)c1. The van der Waals surface area contributed by atoms with Gasteiger partial charge in [-0.2, -0.15) is 5.10 Å². The van der Waals surface area contributed by atoms with Crippen LogP contribution in [0.2, 0.25) is 10.0 Å². The van der Waals surface area contributed by atoms with Crippen LogP contribution < -0.4 is 5.32 Å². The molecule has 0 bridgehead atoms. The van der Waals surface area contributed by atoms with Crippen molar-refractivity contribution in [3.63, 3.8) is 0 Å². The number of nitrogens with zero attached hydrogens (tertiary/aromatic N) is 3. The maximum Gasteiger partial charge on any atom is 0.231 e. The molecular weight excluding hydrogens is 335 g/mol. The Labute approximate surface area is 144 Å². The number of benzene rings is 1. The quantitative estimate of drug-likeness (QED) is 0.918. The first-order valence-corrected chi connectivity index (χ1v) is 8.10. The van der Waals surface area contributed by atoms with E-state index in [-0.39, 0.29) is 11.9 Å². The van der Waals surface area contributed by atoms with E-state index in [1.54, 1.807) is 23.0 Å². The van der Waals surface area contributed by atoms with Crippen LogP contribution in [0.5, 0.6) is 0 Å². The normalized spacial score (nSPS) is 19.9. The molecule has 5 nitrogen and oxygen atoms in total. The molecule has 2 heterocycles. The molecule has 0 fully saturated rings. The van der Waals surface area contributed by atoms with E-state index >= 15 is 0 Å². The van der Waals surface area contributed by atoms with Gasteiger partial charge in [-0.1, -0.05) is 29.3 Å². The molecule has 0 aliphatic carbocycles. The average Bonchev–Trinajstić information content (AvgIpc) is 2.96. The maximum atomic E-state index is 12.6. The topological polar surface area (TPSA) is 59.3 Å². The highest BCUT2D eigenvalue weighted by Crippen LogP contribution is 2.37. The van der Waals surface area contributed by atoms with Gasteiger partial charge in [-0.15, -0.1) is 0 Å². The lowest BCUT2D eigenvalue weighted by molar-refractivity contribution is -0.123. The van der Waals surface area contributed by atoms with Crippen LogP contribution >= 0.6 is 23.2 Å². The van der Waals surface area contributed by atoms with Gasteiger partial charge in [0.1, 0.15) is 5.92 Å². The van der Waals surface area contributed by atoms with Crippen LogP contribution in [0, 0.1) is 5.92 Å². The van der Waals surface area contributed by atoms with Crippen molar-refractivity contribution in [2.45, 2.75) is 19.9 Å². The lowest BCUT2D eigenvalue weighted by Gasteiger charge is -2.31. The monoisotopic (exact) mass is 350 g/mol. The van der Waals surface area contributed by atoms with E-state index in [2.05, 4.69) is 15.4 Å². The molecule has 1 aromatic heterocycles. The second-order valence-corrected chi connectivity index (χ2v) is 6.19. The standard InChI is InChI=1S/C16H16Cl2N4O/c1-3-19-16(23)14-9(2)21-13-6-7-20-22(13)15(14)10-4-5-11(17)12(18)8-10/h4-8,14-15H,3H2,1-2H3,(H,19,23). The first-order chi connectivity index (χ1) is 11.0. The Morgan fingerprint density at radius 3 is 2.78 bits per heavy atom. The number of carbonyl (C=O) groups excluding carboxylic acids is 1. The second kappa shape index (κ2) is 6.34. The summed E-state index contributed by atoms with van der Waals surface area (Å²) in [6, 6.07) is 6.90. The zero-order valence-electron chi connectivity index (χ0n) is 12.8. The molecule has 7 heteroatoms. The Hall–Kier alpha value is -1.85. The van der Waals surface area contributed by atoms with Crippen LogP contribution in [0.1, 0.15) is 25.5 Å². The molecule has 23 heavy (non-hydrogen) atoms. The number of fused-ring (bicyclic) bond motifs is 1. The Morgan fingerprint density at radius 2 is 2.09 bits per heavy atom. The number of carbonyl (C=O) groups is 1. The molecule has 1 aromatic carbocycles. The largest absolute Gasteiger partial charge is 0.356 e. The van der Waals surface area contributed by atoms with Crippen molar-refractivity contribution in [1.82, 2.24) is 15.1 Å². The fourth-order valence-corrected chi connectivity index (χ4v) is 3.18. The number of aliphatic imine (C=N–C) groups is 1. The number of nitrogens with one attached hydrogen (secondary N) is 1. The third-order valence-electron chi connectivity index (χ3n) is 3.89. The Kier molecular flexibility index (Phi) is 4.41. The van der Waals surface area contributed by atoms with Gasteiger partial charge >= 0.3 is 0 Å². The molecule has 1 N–H and O–H groups in total. The van der Waals surface area contributed by atoms with E-state index in [1.807, 2.05) is 26.0 Å². The smallest absolute Gasteiger partial charge is 0.231 e. The lowest BCUT2D eigenvalue weighted by atomic mass is 9.87. The number of hydrogen-bond donors (Lipinski definition) is 1. The van der Waals surface area contributed by atoms with Gasteiger partial charge in [0.25, 0.3) is 0 Å². The summed E-state index contributed by atoms with van der Waals surface area (Å²) in [6.07, 6.45) is 1.68. The summed E-state index contributed by atoms with van der Waals surface area (Å²) in [7, 11) is 0. The molecule has 0 radical (unpaired) electrons. The number of amides is 1. The zero-order valence-corrected chi connectivity index (χ0v) is 14.3. The summed E-state index contributed by atoms with van der Waals surface area (Å²) >= 11 is 12.2. The molecular formula is C16H16Cl2N4O. The molecule has 0 spiro atoms. The van der Waals surface area contributed by atoms with Crippen molar-refractivity contribution < 1.29 is 4.79 Å². The van der Waals surface area contributed by atoms with E-state index in [4.69, 9.17) is 23.2 Å². The van der Waals surface area contributed by atoms with Gasteiger partial charge in [-0.3, -0.25) is 4.79 Å². The minimum atomic E-state index is -0.445. The van der Waals surface area contributed by atoms with Gasteiger partial charge in [0.05, 0.1) is 22.3 Å². The Balaban J connectivity index is 2.13. The van der Waals surface area contributed by atoms with Crippen molar-refractivity contribution >= 4 is 40.6 Å². The van der Waals surface area contributed by atoms with Crippen molar-refractivity contribution in [2.75, 3.05) is 6.54 Å². The number of rotatable bonds is 3. The van der Waals surface area contributed by atoms with E-state index < -0.39 is 5.92 Å². The van der Waals surface area contributed by atoms with Crippen molar-refractivity contribution in [3.8, 4) is 0 Å². The van der Waals surface area contributed by atoms with Crippen molar-refractivity contribution in [2.24, 2.45) is 10.9 Å². The van der Waals surface area contributed by atoms with Crippen molar-refractivity contribution in [3.05, 3.63) is 46.1 Å². The fraction of sp³-hybridized carbons (Fsp3) is 0.312. The molecule has 2 aromatic rings. The fourth-order valence-electron chi connectivity index (χ4n) is 2.88. The van der Waals surface area contributed by atoms with Crippen LogP contribution in [0.3, 0.4) is 0 Å². The Morgan fingerprint density at radius 1 is 1.30 bits per heavy atom. The molecule has 120 valence electrons. The molecule has 3 rings (SSSR count). The van der Waals surface area contributed by atoms with Crippen LogP contribution in [0.25, 0.3) is 0 Å². The number of halogens is 2. The van der Waals surface area contributed by atoms with E-state index in [9.17, 15) is 4.79 Å². The summed E-state index contributed by atoms with van der Waals surface area (Å²) in [5.74, 6) is 0.199. The summed E-state index contributed by atoms with van der Waals surface area (Å²) in [5, 5.41) is 8.15. The first kappa shape index (κ1) is 16.0.